The summed E-state index contributed by atoms with van der Waals surface area (Å²) in [6.07, 6.45) is 7.83. The molecule has 18 rings (SSSR count). The zero-order chi connectivity index (χ0) is 59.6. The average Bonchev–Trinajstić information content (AvgIpc) is 1.57. The SMILES string of the molecule is CC(C)(C)c1ccc2c(c1)c1cc(C(C)(C)C)cc3c1n2-c1cc(-c2c(-c4cccnc4)cc(-c4ccccc4)cc2-c2cccnc2)cc2c1B3c1cc(-c3ccccc3-c3ccccc3)cc3c4c5c6ccccc6c6ccccc6c5ccc4n-2c13. The molecular weight excluding hydrogens is 1080 g/mol. The summed E-state index contributed by atoms with van der Waals surface area (Å²) in [7, 11) is 0. The van der Waals surface area contributed by atoms with Crippen LogP contribution in [0.5, 0.6) is 0 Å². The van der Waals surface area contributed by atoms with Crippen LogP contribution < -0.4 is 16.4 Å². The molecule has 2 aliphatic rings. The summed E-state index contributed by atoms with van der Waals surface area (Å²) >= 11 is 0. The second-order valence-electron chi connectivity index (χ2n) is 26.9. The van der Waals surface area contributed by atoms with Crippen molar-refractivity contribution in [2.75, 3.05) is 0 Å². The van der Waals surface area contributed by atoms with E-state index in [-0.39, 0.29) is 17.5 Å². The Labute approximate surface area is 518 Å². The van der Waals surface area contributed by atoms with Crippen LogP contribution in [-0.4, -0.2) is 25.8 Å². The van der Waals surface area contributed by atoms with Gasteiger partial charge < -0.3 is 9.13 Å². The van der Waals surface area contributed by atoms with E-state index in [4.69, 9.17) is 9.97 Å². The Kier molecular flexibility index (Phi) is 11.0. The van der Waals surface area contributed by atoms with Gasteiger partial charge in [-0.25, -0.2) is 0 Å². The van der Waals surface area contributed by atoms with Crippen LogP contribution in [0.15, 0.2) is 261 Å². The molecule has 4 aromatic heterocycles. The Morgan fingerprint density at radius 1 is 0.315 bits per heavy atom. The fourth-order valence-corrected chi connectivity index (χ4v) is 15.6. The molecule has 6 heterocycles. The maximum atomic E-state index is 4.82. The maximum Gasteiger partial charge on any atom is 0.252 e. The van der Waals surface area contributed by atoms with E-state index in [1.54, 1.807) is 0 Å². The molecule has 420 valence electrons. The van der Waals surface area contributed by atoms with Gasteiger partial charge >= 0.3 is 0 Å². The van der Waals surface area contributed by atoms with Gasteiger partial charge in [-0.05, 0) is 188 Å². The molecule has 5 heteroatoms. The fourth-order valence-electron chi connectivity index (χ4n) is 15.6. The van der Waals surface area contributed by atoms with Gasteiger partial charge in [0.15, 0.2) is 0 Å². The van der Waals surface area contributed by atoms with Crippen LogP contribution in [0.4, 0.5) is 0 Å². The first kappa shape index (κ1) is 51.6. The van der Waals surface area contributed by atoms with E-state index >= 15 is 0 Å². The normalized spacial score (nSPS) is 12.8. The van der Waals surface area contributed by atoms with Gasteiger partial charge in [0.25, 0.3) is 6.71 Å². The monoisotopic (exact) mass is 1140 g/mol. The largest absolute Gasteiger partial charge is 0.310 e. The third-order valence-electron chi connectivity index (χ3n) is 19.7. The minimum atomic E-state index is -0.152. The van der Waals surface area contributed by atoms with Gasteiger partial charge in [-0.1, -0.05) is 211 Å². The van der Waals surface area contributed by atoms with Crippen molar-refractivity contribution in [3.05, 3.63) is 273 Å². The van der Waals surface area contributed by atoms with Crippen LogP contribution in [0.2, 0.25) is 0 Å². The zero-order valence-electron chi connectivity index (χ0n) is 50.7. The topological polar surface area (TPSA) is 35.6 Å². The summed E-state index contributed by atoms with van der Waals surface area (Å²) in [4.78, 5) is 9.65. The molecular formula is C84H61BN4. The summed E-state index contributed by atoms with van der Waals surface area (Å²) in [6, 6.07) is 89.9. The molecule has 0 saturated carbocycles. The highest BCUT2D eigenvalue weighted by atomic mass is 15.0. The fraction of sp³-hybridized carbons (Fsp3) is 0.0952. The van der Waals surface area contributed by atoms with Gasteiger partial charge in [0.05, 0.1) is 11.0 Å². The highest BCUT2D eigenvalue weighted by molar-refractivity contribution is 7.00. The van der Waals surface area contributed by atoms with Crippen LogP contribution >= 0.6 is 0 Å². The molecule has 2 aliphatic heterocycles. The lowest BCUT2D eigenvalue weighted by Crippen LogP contribution is -2.59. The lowest BCUT2D eigenvalue weighted by molar-refractivity contribution is 0.590. The van der Waals surface area contributed by atoms with Crippen molar-refractivity contribution in [2.45, 2.75) is 52.4 Å². The standard InChI is InChI=1S/C84H61BN4/c1-83(2,3)57-33-35-73-68(45-57)69-46-58(84(4,5)6)47-72-81(69)88(73)75-43-56(77-66(52-25-19-37-86-48-52)39-54(50-21-9-7-10-22-50)40-67(77)53-26-20-38-87-49-53)44-76-80(75)85(72)71-42-55(60-28-14-13-27-59(60)51-23-11-8-12-24-51)41-70-79-74(89(76)82(70)71)36-34-65-63-31-16-15-29-61(63)62-30-17-18-32-64(62)78(65)79/h7-49H,1-6H3. The molecule has 0 atom stereocenters. The molecule has 12 aromatic carbocycles. The van der Waals surface area contributed by atoms with Crippen molar-refractivity contribution in [2.24, 2.45) is 0 Å². The molecule has 0 aliphatic carbocycles. The van der Waals surface area contributed by atoms with Crippen molar-refractivity contribution >= 4 is 99.0 Å². The second-order valence-corrected chi connectivity index (χ2v) is 26.9. The molecule has 0 bridgehead atoms. The molecule has 16 aromatic rings. The predicted molar refractivity (Wildman–Crippen MR) is 378 cm³/mol. The second kappa shape index (κ2) is 18.9. The quantitative estimate of drug-likeness (QED) is 0.123. The van der Waals surface area contributed by atoms with Crippen LogP contribution in [0.25, 0.3) is 154 Å². The minimum absolute atomic E-state index is 0.0667. The van der Waals surface area contributed by atoms with Crippen molar-refractivity contribution in [1.29, 1.82) is 0 Å². The first-order valence-corrected chi connectivity index (χ1v) is 31.3. The van der Waals surface area contributed by atoms with E-state index in [1.807, 2.05) is 24.8 Å². The van der Waals surface area contributed by atoms with Gasteiger partial charge in [0.1, 0.15) is 0 Å². The number of hydrogen-bond donors (Lipinski definition) is 0. The number of nitrogens with zero attached hydrogens (tertiary/aromatic N) is 4. The van der Waals surface area contributed by atoms with Gasteiger partial charge in [-0.2, -0.15) is 0 Å². The van der Waals surface area contributed by atoms with E-state index < -0.39 is 0 Å². The summed E-state index contributed by atoms with van der Waals surface area (Å²) < 4.78 is 5.36. The lowest BCUT2D eigenvalue weighted by Gasteiger charge is -2.35. The highest BCUT2D eigenvalue weighted by Crippen LogP contribution is 2.50. The lowest BCUT2D eigenvalue weighted by atomic mass is 9.34. The number of rotatable bonds is 6. The Balaban J connectivity index is 1.07. The van der Waals surface area contributed by atoms with E-state index in [0.29, 0.717) is 0 Å². The van der Waals surface area contributed by atoms with E-state index in [9.17, 15) is 0 Å². The first-order chi connectivity index (χ1) is 43.4. The molecule has 4 nitrogen and oxygen atoms in total. The van der Waals surface area contributed by atoms with Crippen LogP contribution in [0, 0.1) is 0 Å². The Bertz CT molecular complexity index is 5570. The number of fused-ring (bicyclic) bond motifs is 17. The molecule has 0 saturated heterocycles. The molecule has 89 heavy (non-hydrogen) atoms. The average molecular weight is 1140 g/mol. The van der Waals surface area contributed by atoms with Crippen LogP contribution in [0.3, 0.4) is 0 Å². The number of aromatic nitrogens is 4. The third kappa shape index (κ3) is 7.61. The third-order valence-corrected chi connectivity index (χ3v) is 19.7. The number of benzene rings is 12. The van der Waals surface area contributed by atoms with Crippen LogP contribution in [0.1, 0.15) is 52.7 Å². The van der Waals surface area contributed by atoms with Gasteiger partial charge in [-0.15, -0.1) is 0 Å². The minimum Gasteiger partial charge on any atom is -0.310 e. The zero-order valence-corrected chi connectivity index (χ0v) is 50.7. The Hall–Kier alpha value is -10.6. The predicted octanol–water partition coefficient (Wildman–Crippen LogP) is 19.9. The summed E-state index contributed by atoms with van der Waals surface area (Å²) in [5.41, 5.74) is 27.4. The van der Waals surface area contributed by atoms with E-state index in [0.717, 1.165) is 44.5 Å². The number of pyridine rings is 2. The first-order valence-electron chi connectivity index (χ1n) is 31.3. The molecule has 0 N–H and O–H groups in total. The van der Waals surface area contributed by atoms with Crippen molar-refractivity contribution < 1.29 is 0 Å². The smallest absolute Gasteiger partial charge is 0.252 e. The highest BCUT2D eigenvalue weighted by Gasteiger charge is 2.43. The van der Waals surface area contributed by atoms with Crippen molar-refractivity contribution in [3.8, 4) is 78.1 Å². The van der Waals surface area contributed by atoms with Gasteiger partial charge in [-0.3, -0.25) is 9.97 Å². The summed E-state index contributed by atoms with van der Waals surface area (Å²) in [5, 5.41) is 12.7. The van der Waals surface area contributed by atoms with Gasteiger partial charge in [0.2, 0.25) is 0 Å². The summed E-state index contributed by atoms with van der Waals surface area (Å²) in [6.45, 7) is 14.0. The Morgan fingerprint density at radius 2 is 0.820 bits per heavy atom. The van der Waals surface area contributed by atoms with Gasteiger partial charge in [0, 0.05) is 85.3 Å². The molecule has 0 amide bonds. The number of hydrogen-bond acceptors (Lipinski definition) is 2. The maximum absolute atomic E-state index is 4.82. The summed E-state index contributed by atoms with van der Waals surface area (Å²) in [5.74, 6) is 0. The Morgan fingerprint density at radius 3 is 1.44 bits per heavy atom. The van der Waals surface area contributed by atoms with Crippen LogP contribution in [-0.2, 0) is 10.8 Å². The van der Waals surface area contributed by atoms with E-state index in [2.05, 4.69) is 287 Å². The van der Waals surface area contributed by atoms with Crippen molar-refractivity contribution in [1.82, 2.24) is 19.1 Å². The molecule has 0 fully saturated rings. The molecule has 0 spiro atoms. The molecule has 0 unspecified atom stereocenters. The van der Waals surface area contributed by atoms with Crippen molar-refractivity contribution in [3.63, 3.8) is 0 Å². The molecule has 0 radical (unpaired) electrons. The van der Waals surface area contributed by atoms with E-state index in [1.165, 1.54) is 137 Å².